The Bertz CT molecular complexity index is 910. The predicted octanol–water partition coefficient (Wildman–Crippen LogP) is 2.29. The van der Waals surface area contributed by atoms with Crippen LogP contribution < -0.4 is 10.5 Å². The van der Waals surface area contributed by atoms with Crippen LogP contribution in [0.25, 0.3) is 0 Å². The van der Waals surface area contributed by atoms with Gasteiger partial charge in [-0.25, -0.2) is 13.6 Å². The van der Waals surface area contributed by atoms with E-state index in [4.69, 9.17) is 5.14 Å². The molecule has 1 fully saturated rings. The first-order valence-electron chi connectivity index (χ1n) is 9.99. The second kappa shape index (κ2) is 9.52. The summed E-state index contributed by atoms with van der Waals surface area (Å²) in [4.78, 5) is 14.9. The lowest BCUT2D eigenvalue weighted by Gasteiger charge is -2.28. The molecule has 7 heteroatoms. The number of carbonyl (C=O) groups is 1. The number of amides is 1. The molecule has 1 aliphatic rings. The van der Waals surface area contributed by atoms with E-state index in [2.05, 4.69) is 29.3 Å². The standard InChI is InChI=1S/C22H29N3O3S/c1-17(20-9-10-20)25(15-19-5-3-2-4-6-19)16-22(26)24-14-13-18-7-11-21(12-8-18)29(23,27)28/h2-8,11-12,17,20H,9-10,13-16H2,1H3,(H,24,26)(H2,23,27,28)/t17-/m0/s1. The molecule has 1 saturated carbocycles. The maximum absolute atomic E-state index is 12.5. The number of rotatable bonds is 10. The number of nitrogens with two attached hydrogens (primary N) is 1. The smallest absolute Gasteiger partial charge is 0.238 e. The van der Waals surface area contributed by atoms with Crippen LogP contribution in [0.2, 0.25) is 0 Å². The normalized spacial score (nSPS) is 15.3. The number of carbonyl (C=O) groups excluding carboxylic acids is 1. The minimum absolute atomic E-state index is 0.00888. The maximum Gasteiger partial charge on any atom is 0.238 e. The first kappa shape index (κ1) is 21.5. The zero-order valence-corrected chi connectivity index (χ0v) is 17.6. The van der Waals surface area contributed by atoms with Crippen LogP contribution in [0.3, 0.4) is 0 Å². The van der Waals surface area contributed by atoms with Gasteiger partial charge in [-0.05, 0) is 55.4 Å². The fraction of sp³-hybridized carbons (Fsp3) is 0.409. The summed E-state index contributed by atoms with van der Waals surface area (Å²) in [5, 5.41) is 8.09. The molecular weight excluding hydrogens is 386 g/mol. The lowest BCUT2D eigenvalue weighted by Crippen LogP contribution is -2.42. The molecule has 0 aromatic heterocycles. The lowest BCUT2D eigenvalue weighted by atomic mass is 10.1. The van der Waals surface area contributed by atoms with Crippen molar-refractivity contribution in [3.8, 4) is 0 Å². The molecule has 6 nitrogen and oxygen atoms in total. The number of nitrogens with one attached hydrogen (secondary N) is 1. The van der Waals surface area contributed by atoms with Crippen molar-refractivity contribution >= 4 is 15.9 Å². The summed E-state index contributed by atoms with van der Waals surface area (Å²) in [6.45, 7) is 3.85. The number of benzene rings is 2. The van der Waals surface area contributed by atoms with Gasteiger partial charge in [0.1, 0.15) is 0 Å². The van der Waals surface area contributed by atoms with Crippen LogP contribution in [0.4, 0.5) is 0 Å². The van der Waals surface area contributed by atoms with Gasteiger partial charge in [-0.2, -0.15) is 0 Å². The van der Waals surface area contributed by atoms with Crippen molar-refractivity contribution in [2.45, 2.75) is 43.7 Å². The molecule has 0 spiro atoms. The van der Waals surface area contributed by atoms with Crippen molar-refractivity contribution in [2.75, 3.05) is 13.1 Å². The highest BCUT2D eigenvalue weighted by Gasteiger charge is 2.32. The van der Waals surface area contributed by atoms with E-state index in [-0.39, 0.29) is 10.8 Å². The number of hydrogen-bond acceptors (Lipinski definition) is 4. The van der Waals surface area contributed by atoms with E-state index in [1.165, 1.54) is 30.5 Å². The minimum Gasteiger partial charge on any atom is -0.355 e. The summed E-state index contributed by atoms with van der Waals surface area (Å²) in [5.41, 5.74) is 2.16. The van der Waals surface area contributed by atoms with Gasteiger partial charge in [-0.3, -0.25) is 9.69 Å². The first-order valence-corrected chi connectivity index (χ1v) is 11.5. The highest BCUT2D eigenvalue weighted by atomic mass is 32.2. The molecule has 29 heavy (non-hydrogen) atoms. The SMILES string of the molecule is C[C@@H](C1CC1)N(CC(=O)NCCc1ccc(S(N)(=O)=O)cc1)Cc1ccccc1. The molecule has 3 N–H and O–H groups in total. The molecule has 0 saturated heterocycles. The van der Waals surface area contributed by atoms with E-state index in [0.717, 1.165) is 12.1 Å². The van der Waals surface area contributed by atoms with E-state index in [1.807, 2.05) is 18.2 Å². The Morgan fingerprint density at radius 1 is 1.10 bits per heavy atom. The van der Waals surface area contributed by atoms with Gasteiger partial charge < -0.3 is 5.32 Å². The third kappa shape index (κ3) is 6.66. The Hall–Kier alpha value is -2.22. The predicted molar refractivity (Wildman–Crippen MR) is 114 cm³/mol. The summed E-state index contributed by atoms with van der Waals surface area (Å²) >= 11 is 0. The third-order valence-electron chi connectivity index (χ3n) is 5.44. The van der Waals surface area contributed by atoms with Crippen molar-refractivity contribution in [1.29, 1.82) is 0 Å². The summed E-state index contributed by atoms with van der Waals surface area (Å²) in [6.07, 6.45) is 3.11. The van der Waals surface area contributed by atoms with Gasteiger partial charge >= 0.3 is 0 Å². The Morgan fingerprint density at radius 3 is 2.34 bits per heavy atom. The van der Waals surface area contributed by atoms with Gasteiger partial charge in [-0.1, -0.05) is 42.5 Å². The number of sulfonamides is 1. The van der Waals surface area contributed by atoms with Crippen LogP contribution in [0.15, 0.2) is 59.5 Å². The highest BCUT2D eigenvalue weighted by molar-refractivity contribution is 7.89. The molecule has 0 aliphatic heterocycles. The quantitative estimate of drug-likeness (QED) is 0.623. The number of nitrogens with zero attached hydrogens (tertiary/aromatic N) is 1. The van der Waals surface area contributed by atoms with Crippen LogP contribution in [-0.2, 0) is 27.8 Å². The van der Waals surface area contributed by atoms with Crippen molar-refractivity contribution in [1.82, 2.24) is 10.2 Å². The van der Waals surface area contributed by atoms with Gasteiger partial charge in [-0.15, -0.1) is 0 Å². The molecule has 3 rings (SSSR count). The molecule has 1 amide bonds. The van der Waals surface area contributed by atoms with Crippen molar-refractivity contribution in [3.05, 3.63) is 65.7 Å². The maximum atomic E-state index is 12.5. The highest BCUT2D eigenvalue weighted by Crippen LogP contribution is 2.35. The van der Waals surface area contributed by atoms with Gasteiger partial charge in [0.2, 0.25) is 15.9 Å². The molecule has 1 aliphatic carbocycles. The molecule has 2 aromatic rings. The second-order valence-electron chi connectivity index (χ2n) is 7.76. The summed E-state index contributed by atoms with van der Waals surface area (Å²) in [7, 11) is -3.68. The number of hydrogen-bond donors (Lipinski definition) is 2. The molecule has 2 aromatic carbocycles. The van der Waals surface area contributed by atoms with Crippen molar-refractivity contribution in [3.63, 3.8) is 0 Å². The minimum atomic E-state index is -3.68. The zero-order valence-electron chi connectivity index (χ0n) is 16.8. The molecule has 1 atom stereocenters. The van der Waals surface area contributed by atoms with Gasteiger partial charge in [0.25, 0.3) is 0 Å². The lowest BCUT2D eigenvalue weighted by molar-refractivity contribution is -0.123. The van der Waals surface area contributed by atoms with Gasteiger partial charge in [0.15, 0.2) is 0 Å². The first-order chi connectivity index (χ1) is 13.8. The van der Waals surface area contributed by atoms with Crippen molar-refractivity contribution in [2.24, 2.45) is 11.1 Å². The zero-order chi connectivity index (χ0) is 20.9. The second-order valence-corrected chi connectivity index (χ2v) is 9.32. The summed E-state index contributed by atoms with van der Waals surface area (Å²) in [6, 6.07) is 17.0. The molecule has 0 heterocycles. The van der Waals surface area contributed by atoms with Crippen molar-refractivity contribution < 1.29 is 13.2 Å². The van der Waals surface area contributed by atoms with E-state index < -0.39 is 10.0 Å². The molecule has 0 radical (unpaired) electrons. The van der Waals surface area contributed by atoms with Crippen LogP contribution in [-0.4, -0.2) is 38.4 Å². The van der Waals surface area contributed by atoms with Crippen LogP contribution in [0.5, 0.6) is 0 Å². The molecule has 0 bridgehead atoms. The van der Waals surface area contributed by atoms with E-state index in [1.54, 1.807) is 12.1 Å². The Labute approximate surface area is 173 Å². The molecule has 156 valence electrons. The third-order valence-corrected chi connectivity index (χ3v) is 6.37. The molecule has 0 unspecified atom stereocenters. The van der Waals surface area contributed by atoms with E-state index in [9.17, 15) is 13.2 Å². The van der Waals surface area contributed by atoms with Crippen LogP contribution >= 0.6 is 0 Å². The largest absolute Gasteiger partial charge is 0.355 e. The monoisotopic (exact) mass is 415 g/mol. The van der Waals surface area contributed by atoms with E-state index >= 15 is 0 Å². The topological polar surface area (TPSA) is 92.5 Å². The van der Waals surface area contributed by atoms with Gasteiger partial charge in [0.05, 0.1) is 11.4 Å². The fourth-order valence-corrected chi connectivity index (χ4v) is 3.99. The average Bonchev–Trinajstić information content (AvgIpc) is 3.53. The Morgan fingerprint density at radius 2 is 1.76 bits per heavy atom. The summed E-state index contributed by atoms with van der Waals surface area (Å²) < 4.78 is 22.6. The van der Waals surface area contributed by atoms with Gasteiger partial charge in [0, 0.05) is 19.1 Å². The summed E-state index contributed by atoms with van der Waals surface area (Å²) in [5.74, 6) is 0.693. The van der Waals surface area contributed by atoms with Crippen LogP contribution in [0.1, 0.15) is 30.9 Å². The van der Waals surface area contributed by atoms with E-state index in [0.29, 0.717) is 31.5 Å². The average molecular weight is 416 g/mol. The molecular formula is C22H29N3O3S. The fourth-order valence-electron chi connectivity index (χ4n) is 3.47. The Kier molecular flexibility index (Phi) is 7.05. The number of primary sulfonamides is 1. The van der Waals surface area contributed by atoms with Crippen LogP contribution in [0, 0.1) is 5.92 Å². The Balaban J connectivity index is 1.50.